The Labute approximate surface area is 102 Å². The SMILES string of the molecule is CCC(=O)N1CCC(NC(=O)OC(C)(C)C)C1. The van der Waals surface area contributed by atoms with Gasteiger partial charge in [-0.3, -0.25) is 4.79 Å². The smallest absolute Gasteiger partial charge is 0.407 e. The van der Waals surface area contributed by atoms with Crippen LogP contribution in [0.3, 0.4) is 0 Å². The van der Waals surface area contributed by atoms with Crippen LogP contribution in [0.25, 0.3) is 0 Å². The molecule has 1 heterocycles. The van der Waals surface area contributed by atoms with Crippen LogP contribution in [0, 0.1) is 0 Å². The highest BCUT2D eigenvalue weighted by atomic mass is 16.6. The number of rotatable bonds is 2. The molecule has 0 aromatic rings. The van der Waals surface area contributed by atoms with Gasteiger partial charge in [0.1, 0.15) is 5.60 Å². The van der Waals surface area contributed by atoms with Crippen molar-refractivity contribution in [2.24, 2.45) is 0 Å². The molecule has 5 nitrogen and oxygen atoms in total. The average molecular weight is 242 g/mol. The predicted octanol–water partition coefficient (Wildman–Crippen LogP) is 1.52. The number of amides is 2. The summed E-state index contributed by atoms with van der Waals surface area (Å²) in [7, 11) is 0. The molecule has 0 bridgehead atoms. The second-order valence-corrected chi connectivity index (χ2v) is 5.33. The first-order chi connectivity index (χ1) is 7.81. The van der Waals surface area contributed by atoms with E-state index in [0.717, 1.165) is 6.42 Å². The second-order valence-electron chi connectivity index (χ2n) is 5.33. The van der Waals surface area contributed by atoms with Gasteiger partial charge in [0.2, 0.25) is 5.91 Å². The lowest BCUT2D eigenvalue weighted by molar-refractivity contribution is -0.129. The lowest BCUT2D eigenvalue weighted by Crippen LogP contribution is -2.41. The van der Waals surface area contributed by atoms with Gasteiger partial charge in [-0.05, 0) is 27.2 Å². The van der Waals surface area contributed by atoms with Gasteiger partial charge in [0.15, 0.2) is 0 Å². The van der Waals surface area contributed by atoms with Crippen molar-refractivity contribution in [3.63, 3.8) is 0 Å². The van der Waals surface area contributed by atoms with Gasteiger partial charge >= 0.3 is 6.09 Å². The van der Waals surface area contributed by atoms with E-state index in [9.17, 15) is 9.59 Å². The van der Waals surface area contributed by atoms with Gasteiger partial charge in [0.05, 0.1) is 6.04 Å². The van der Waals surface area contributed by atoms with E-state index in [4.69, 9.17) is 4.74 Å². The van der Waals surface area contributed by atoms with Crippen molar-refractivity contribution in [2.75, 3.05) is 13.1 Å². The number of hydrogen-bond acceptors (Lipinski definition) is 3. The van der Waals surface area contributed by atoms with Crippen LogP contribution in [0.4, 0.5) is 4.79 Å². The fraction of sp³-hybridized carbons (Fsp3) is 0.833. The van der Waals surface area contributed by atoms with E-state index in [0.29, 0.717) is 19.5 Å². The van der Waals surface area contributed by atoms with E-state index in [-0.39, 0.29) is 11.9 Å². The van der Waals surface area contributed by atoms with Crippen molar-refractivity contribution < 1.29 is 14.3 Å². The van der Waals surface area contributed by atoms with Gasteiger partial charge in [0.25, 0.3) is 0 Å². The highest BCUT2D eigenvalue weighted by molar-refractivity contribution is 5.76. The summed E-state index contributed by atoms with van der Waals surface area (Å²) < 4.78 is 5.17. The molecule has 1 unspecified atom stereocenters. The normalized spacial score (nSPS) is 20.2. The first-order valence-corrected chi connectivity index (χ1v) is 6.09. The lowest BCUT2D eigenvalue weighted by Gasteiger charge is -2.22. The Morgan fingerprint density at radius 2 is 2.06 bits per heavy atom. The van der Waals surface area contributed by atoms with E-state index < -0.39 is 11.7 Å². The van der Waals surface area contributed by atoms with E-state index in [1.54, 1.807) is 4.90 Å². The molecule has 1 N–H and O–H groups in total. The lowest BCUT2D eigenvalue weighted by atomic mass is 10.2. The summed E-state index contributed by atoms with van der Waals surface area (Å²) in [6, 6.07) is 0.0142. The van der Waals surface area contributed by atoms with Gasteiger partial charge in [0, 0.05) is 19.5 Å². The van der Waals surface area contributed by atoms with Gasteiger partial charge in [-0.25, -0.2) is 4.79 Å². The Morgan fingerprint density at radius 3 is 2.59 bits per heavy atom. The third-order valence-electron chi connectivity index (χ3n) is 2.56. The molecule has 5 heteroatoms. The van der Waals surface area contributed by atoms with E-state index in [1.165, 1.54) is 0 Å². The zero-order chi connectivity index (χ0) is 13.1. The fourth-order valence-electron chi connectivity index (χ4n) is 1.80. The summed E-state index contributed by atoms with van der Waals surface area (Å²) in [6.07, 6.45) is 0.901. The first kappa shape index (κ1) is 13.8. The third kappa shape index (κ3) is 4.63. The monoisotopic (exact) mass is 242 g/mol. The molecule has 1 fully saturated rings. The van der Waals surface area contributed by atoms with Crippen molar-refractivity contribution in [3.8, 4) is 0 Å². The Morgan fingerprint density at radius 1 is 1.41 bits per heavy atom. The molecule has 0 aliphatic carbocycles. The number of likely N-dealkylation sites (tertiary alicyclic amines) is 1. The standard InChI is InChI=1S/C12H22N2O3/c1-5-10(15)14-7-6-9(8-14)13-11(16)17-12(2,3)4/h9H,5-8H2,1-4H3,(H,13,16). The minimum atomic E-state index is -0.485. The zero-order valence-corrected chi connectivity index (χ0v) is 11.1. The highest BCUT2D eigenvalue weighted by Crippen LogP contribution is 2.12. The molecule has 17 heavy (non-hydrogen) atoms. The van der Waals surface area contributed by atoms with E-state index in [2.05, 4.69) is 5.32 Å². The maximum absolute atomic E-state index is 11.5. The third-order valence-corrected chi connectivity index (χ3v) is 2.56. The van der Waals surface area contributed by atoms with Gasteiger partial charge in [-0.15, -0.1) is 0 Å². The second kappa shape index (κ2) is 5.38. The molecular weight excluding hydrogens is 220 g/mol. The van der Waals surface area contributed by atoms with Gasteiger partial charge < -0.3 is 15.0 Å². The van der Waals surface area contributed by atoms with Crippen LogP contribution in [0.5, 0.6) is 0 Å². The molecule has 0 aromatic carbocycles. The fourth-order valence-corrected chi connectivity index (χ4v) is 1.80. The average Bonchev–Trinajstić information content (AvgIpc) is 2.62. The Bertz CT molecular complexity index is 297. The summed E-state index contributed by atoms with van der Waals surface area (Å²) in [4.78, 5) is 24.8. The Kier molecular flexibility index (Phi) is 4.37. The number of nitrogens with one attached hydrogen (secondary N) is 1. The van der Waals surface area contributed by atoms with Crippen molar-refractivity contribution in [3.05, 3.63) is 0 Å². The van der Waals surface area contributed by atoms with Crippen LogP contribution >= 0.6 is 0 Å². The van der Waals surface area contributed by atoms with Crippen LogP contribution in [0.2, 0.25) is 0 Å². The number of alkyl carbamates (subject to hydrolysis) is 1. The van der Waals surface area contributed by atoms with Gasteiger partial charge in [-0.1, -0.05) is 6.92 Å². The van der Waals surface area contributed by atoms with E-state index >= 15 is 0 Å². The number of nitrogens with zero attached hydrogens (tertiary/aromatic N) is 1. The predicted molar refractivity (Wildman–Crippen MR) is 64.6 cm³/mol. The molecule has 2 amide bonds. The minimum Gasteiger partial charge on any atom is -0.444 e. The molecule has 1 saturated heterocycles. The van der Waals surface area contributed by atoms with Crippen LogP contribution in [-0.2, 0) is 9.53 Å². The van der Waals surface area contributed by atoms with Crippen LogP contribution < -0.4 is 5.32 Å². The van der Waals surface area contributed by atoms with Crippen LogP contribution in [0.15, 0.2) is 0 Å². The molecule has 0 spiro atoms. The molecule has 1 aliphatic rings. The minimum absolute atomic E-state index is 0.0142. The quantitative estimate of drug-likeness (QED) is 0.798. The molecule has 0 saturated carbocycles. The van der Waals surface area contributed by atoms with Crippen molar-refractivity contribution in [2.45, 2.75) is 52.2 Å². The number of carbonyl (C=O) groups excluding carboxylic acids is 2. The van der Waals surface area contributed by atoms with Gasteiger partial charge in [-0.2, -0.15) is 0 Å². The van der Waals surface area contributed by atoms with Crippen molar-refractivity contribution in [1.29, 1.82) is 0 Å². The summed E-state index contributed by atoms with van der Waals surface area (Å²) in [5.74, 6) is 0.137. The molecular formula is C12H22N2O3. The van der Waals surface area contributed by atoms with Crippen molar-refractivity contribution >= 4 is 12.0 Å². The molecule has 0 aromatic heterocycles. The zero-order valence-electron chi connectivity index (χ0n) is 11.1. The largest absolute Gasteiger partial charge is 0.444 e. The van der Waals surface area contributed by atoms with Crippen LogP contribution in [0.1, 0.15) is 40.5 Å². The summed E-state index contributed by atoms with van der Waals surface area (Å²) in [6.45, 7) is 8.63. The maximum atomic E-state index is 11.5. The summed E-state index contributed by atoms with van der Waals surface area (Å²) in [5.41, 5.74) is -0.485. The van der Waals surface area contributed by atoms with E-state index in [1.807, 2.05) is 27.7 Å². The summed E-state index contributed by atoms with van der Waals surface area (Å²) in [5, 5.41) is 2.79. The maximum Gasteiger partial charge on any atom is 0.407 e. The molecule has 1 rings (SSSR count). The Hall–Kier alpha value is -1.26. The topological polar surface area (TPSA) is 58.6 Å². The molecule has 1 aliphatic heterocycles. The molecule has 98 valence electrons. The van der Waals surface area contributed by atoms with Crippen LogP contribution in [-0.4, -0.2) is 41.6 Å². The number of hydrogen-bond donors (Lipinski definition) is 1. The first-order valence-electron chi connectivity index (χ1n) is 6.09. The summed E-state index contributed by atoms with van der Waals surface area (Å²) >= 11 is 0. The Balaban J connectivity index is 2.35. The number of ether oxygens (including phenoxy) is 1. The molecule has 1 atom stereocenters. The molecule has 0 radical (unpaired) electrons. The van der Waals surface area contributed by atoms with Crippen molar-refractivity contribution in [1.82, 2.24) is 10.2 Å². The highest BCUT2D eigenvalue weighted by Gasteiger charge is 2.27. The number of carbonyl (C=O) groups is 2.